The van der Waals surface area contributed by atoms with E-state index in [4.69, 9.17) is 4.74 Å². The van der Waals surface area contributed by atoms with Gasteiger partial charge >= 0.3 is 16.2 Å². The normalized spacial score (nSPS) is 23.7. The van der Waals surface area contributed by atoms with Crippen LogP contribution in [0.3, 0.4) is 0 Å². The van der Waals surface area contributed by atoms with Crippen LogP contribution in [0.4, 0.5) is 33.9 Å². The minimum absolute atomic E-state index is 0.0341. The summed E-state index contributed by atoms with van der Waals surface area (Å²) in [5, 5.41) is 17.0. The Bertz CT molecular complexity index is 2980. The molecule has 4 fully saturated rings. The summed E-state index contributed by atoms with van der Waals surface area (Å²) in [6.07, 6.45) is 5.98. The van der Waals surface area contributed by atoms with Crippen LogP contribution in [-0.4, -0.2) is 94.1 Å². The van der Waals surface area contributed by atoms with E-state index in [1.54, 1.807) is 18.5 Å². The number of imide groups is 1. The molecule has 1 spiro atoms. The van der Waals surface area contributed by atoms with Gasteiger partial charge in [-0.2, -0.15) is 23.1 Å². The number of aromatic nitrogens is 4. The van der Waals surface area contributed by atoms with E-state index < -0.39 is 57.9 Å². The summed E-state index contributed by atoms with van der Waals surface area (Å²) in [4.78, 5) is 45.6. The summed E-state index contributed by atoms with van der Waals surface area (Å²) in [6, 6.07) is 9.98. The van der Waals surface area contributed by atoms with E-state index in [1.807, 2.05) is 11.0 Å². The van der Waals surface area contributed by atoms with E-state index in [9.17, 15) is 28.1 Å². The number of fused-ring (bicyclic) bond motifs is 2. The predicted octanol–water partition coefficient (Wildman–Crippen LogP) is 6.67. The van der Waals surface area contributed by atoms with Crippen LogP contribution >= 0.6 is 0 Å². The zero-order chi connectivity index (χ0) is 46.2. The summed E-state index contributed by atoms with van der Waals surface area (Å²) in [6.45, 7) is 1.69. The molecule has 3 aromatic carbocycles. The summed E-state index contributed by atoms with van der Waals surface area (Å²) in [5.41, 5.74) is -0.294. The highest BCUT2D eigenvalue weighted by Gasteiger charge is 2.51. The van der Waals surface area contributed by atoms with Crippen molar-refractivity contribution in [1.29, 1.82) is 5.26 Å². The Morgan fingerprint density at radius 1 is 1.00 bits per heavy atom. The van der Waals surface area contributed by atoms with Gasteiger partial charge in [0.05, 0.1) is 40.9 Å². The van der Waals surface area contributed by atoms with Gasteiger partial charge in [0, 0.05) is 51.1 Å². The number of alkyl halides is 2. The molecule has 2 N–H and O–H groups in total. The molecule has 4 heterocycles. The highest BCUT2D eigenvalue weighted by Crippen LogP contribution is 2.57. The molecule has 9 rings (SSSR count). The zero-order valence-corrected chi connectivity index (χ0v) is 36.6. The number of carbonyl (C=O) groups is 2. The van der Waals surface area contributed by atoms with E-state index in [-0.39, 0.29) is 88.1 Å². The van der Waals surface area contributed by atoms with Gasteiger partial charge in [0.1, 0.15) is 23.2 Å². The Hall–Kier alpha value is -6.11. The van der Waals surface area contributed by atoms with Crippen LogP contribution in [0, 0.1) is 28.4 Å². The fourth-order valence-electron chi connectivity index (χ4n) is 10.1. The smallest absolute Gasteiger partial charge is 0.329 e. The molecule has 2 aromatic heterocycles. The fourth-order valence-corrected chi connectivity index (χ4v) is 11.0. The second-order valence-electron chi connectivity index (χ2n) is 17.6. The van der Waals surface area contributed by atoms with Gasteiger partial charge in [-0.1, -0.05) is 6.92 Å². The molecule has 3 amide bonds. The SMILES string of the molecule is CCN(C)S(=O)(=O)Nc1ccc(F)c(Oc2ccc3ncn(C4CC5(CCC(N6CC[C@@H](c7cc8c(cc7F)c(N7CCC(=O)NC7=O)nn8C)C(F)(F)C6)CC5)C4)c(=O)c3c2)c1C#N. The first kappa shape index (κ1) is 44.1. The second kappa shape index (κ2) is 16.4. The molecule has 4 aliphatic rings. The summed E-state index contributed by atoms with van der Waals surface area (Å²) >= 11 is 0. The fraction of sp³-hybridized carbons (Fsp3) is 0.455. The molecule has 65 heavy (non-hydrogen) atoms. The monoisotopic (exact) mass is 918 g/mol. The van der Waals surface area contributed by atoms with Crippen LogP contribution in [0.5, 0.6) is 11.5 Å². The molecule has 342 valence electrons. The van der Waals surface area contributed by atoms with Gasteiger partial charge < -0.3 is 4.74 Å². The lowest BCUT2D eigenvalue weighted by Crippen LogP contribution is -2.54. The number of urea groups is 1. The van der Waals surface area contributed by atoms with Gasteiger partial charge in [0.2, 0.25) is 5.91 Å². The number of carbonyl (C=O) groups excluding carboxylic acids is 2. The van der Waals surface area contributed by atoms with Gasteiger partial charge in [-0.25, -0.2) is 27.3 Å². The average molecular weight is 919 g/mol. The van der Waals surface area contributed by atoms with Gasteiger partial charge in [0.25, 0.3) is 11.5 Å². The summed E-state index contributed by atoms with van der Waals surface area (Å²) in [7, 11) is -1.10. The molecule has 2 aliphatic carbocycles. The zero-order valence-electron chi connectivity index (χ0n) is 35.8. The van der Waals surface area contributed by atoms with Crippen LogP contribution in [0.1, 0.15) is 81.4 Å². The number of amides is 3. The first-order valence-corrected chi connectivity index (χ1v) is 22.9. The Morgan fingerprint density at radius 3 is 2.45 bits per heavy atom. The van der Waals surface area contributed by atoms with Crippen LogP contribution < -0.4 is 25.2 Å². The quantitative estimate of drug-likeness (QED) is 0.143. The average Bonchev–Trinajstić information content (AvgIpc) is 3.57. The van der Waals surface area contributed by atoms with Gasteiger partial charge in [0.15, 0.2) is 17.4 Å². The topological polar surface area (TPSA) is 188 Å². The highest BCUT2D eigenvalue weighted by atomic mass is 32.2. The number of benzene rings is 3. The third-order valence-corrected chi connectivity index (χ3v) is 15.4. The van der Waals surface area contributed by atoms with Crippen molar-refractivity contribution in [2.45, 2.75) is 82.2 Å². The highest BCUT2D eigenvalue weighted by molar-refractivity contribution is 7.90. The number of hydrogen-bond donors (Lipinski definition) is 2. The van der Waals surface area contributed by atoms with E-state index in [0.717, 1.165) is 35.3 Å². The molecule has 0 bridgehead atoms. The minimum Gasteiger partial charge on any atom is -0.453 e. The van der Waals surface area contributed by atoms with Crippen LogP contribution in [0.25, 0.3) is 21.8 Å². The molecule has 2 saturated carbocycles. The Kier molecular flexibility index (Phi) is 11.1. The molecule has 0 unspecified atom stereocenters. The molecule has 5 aromatic rings. The Balaban J connectivity index is 0.842. The number of aryl methyl sites for hydroxylation is 1. The van der Waals surface area contributed by atoms with Crippen molar-refractivity contribution >= 4 is 55.5 Å². The lowest BCUT2D eigenvalue weighted by molar-refractivity contribution is -0.120. The van der Waals surface area contributed by atoms with Crippen LogP contribution in [0.15, 0.2) is 53.6 Å². The number of anilines is 2. The van der Waals surface area contributed by atoms with Crippen molar-refractivity contribution in [1.82, 2.24) is 33.9 Å². The van der Waals surface area contributed by atoms with Crippen molar-refractivity contribution in [3.63, 3.8) is 0 Å². The second-order valence-corrected chi connectivity index (χ2v) is 19.4. The van der Waals surface area contributed by atoms with Gasteiger partial charge in [-0.3, -0.25) is 38.7 Å². The maximum Gasteiger partial charge on any atom is 0.329 e. The molecule has 2 aliphatic heterocycles. The maximum atomic E-state index is 16.1. The summed E-state index contributed by atoms with van der Waals surface area (Å²) in [5.74, 6) is -7.06. The lowest BCUT2D eigenvalue weighted by atomic mass is 9.57. The number of likely N-dealkylation sites (tertiary alicyclic amines) is 1. The number of halogens is 4. The van der Waals surface area contributed by atoms with Gasteiger partial charge in [-0.05, 0) is 105 Å². The number of ether oxygens (including phenoxy) is 1. The van der Waals surface area contributed by atoms with E-state index in [1.165, 1.54) is 47.2 Å². The molecule has 0 radical (unpaired) electrons. The lowest BCUT2D eigenvalue weighted by Gasteiger charge is -2.54. The minimum atomic E-state index is -4.04. The number of piperidine rings is 1. The van der Waals surface area contributed by atoms with E-state index in [2.05, 4.69) is 20.1 Å². The first-order chi connectivity index (χ1) is 30.9. The maximum absolute atomic E-state index is 16.1. The molecular formula is C44H46F4N10O6S. The molecular weight excluding hydrogens is 873 g/mol. The number of rotatable bonds is 10. The van der Waals surface area contributed by atoms with E-state index >= 15 is 17.6 Å². The van der Waals surface area contributed by atoms with Crippen molar-refractivity contribution in [2.75, 3.05) is 42.8 Å². The number of nitriles is 1. The molecule has 1 atom stereocenters. The third kappa shape index (κ3) is 7.94. The van der Waals surface area contributed by atoms with Gasteiger partial charge in [-0.15, -0.1) is 0 Å². The van der Waals surface area contributed by atoms with Crippen molar-refractivity contribution in [3.8, 4) is 17.6 Å². The largest absolute Gasteiger partial charge is 0.453 e. The van der Waals surface area contributed by atoms with Crippen molar-refractivity contribution in [3.05, 3.63) is 81.9 Å². The van der Waals surface area contributed by atoms with Crippen LogP contribution in [0.2, 0.25) is 0 Å². The van der Waals surface area contributed by atoms with Crippen LogP contribution in [-0.2, 0) is 22.1 Å². The molecule has 16 nitrogen and oxygen atoms in total. The predicted molar refractivity (Wildman–Crippen MR) is 231 cm³/mol. The van der Waals surface area contributed by atoms with Crippen molar-refractivity contribution in [2.24, 2.45) is 12.5 Å². The number of nitrogens with one attached hydrogen (secondary N) is 2. The molecule has 21 heteroatoms. The Morgan fingerprint density at radius 2 is 1.75 bits per heavy atom. The summed E-state index contributed by atoms with van der Waals surface area (Å²) < 4.78 is 101. The first-order valence-electron chi connectivity index (χ1n) is 21.5. The Labute approximate surface area is 370 Å². The third-order valence-electron chi connectivity index (χ3n) is 13.8. The van der Waals surface area contributed by atoms with E-state index in [0.29, 0.717) is 43.3 Å². The van der Waals surface area contributed by atoms with Crippen molar-refractivity contribution < 1.29 is 40.3 Å². The molecule has 2 saturated heterocycles. The number of nitrogens with zero attached hydrogens (tertiary/aromatic N) is 8. The standard InChI is InChI=1S/C44H46F4N10O6S/c1-4-54(2)65(62,63)53-36-8-6-33(45)39(31(36)22-49)64-27-5-7-35-29(17-27)41(60)58(24-50-35)26-20-43(21-26)13-9-25(10-14-43)56-15-11-32(44(47,48)23-56)28-19-37-30(18-34(28)46)40(52-55(37)3)57-16-12-38(59)51-42(57)61/h5-8,17-19,24-26,32,53H,4,9-16,20-21,23H2,1-3H3,(H,51,59,61)/t25?,26?,32-,43?/m0/s1. The number of hydrogen-bond acceptors (Lipinski definition) is 10.